The molecule has 0 fully saturated rings. The Morgan fingerprint density at radius 1 is 1.07 bits per heavy atom. The highest BCUT2D eigenvalue weighted by molar-refractivity contribution is 5.81. The summed E-state index contributed by atoms with van der Waals surface area (Å²) in [4.78, 5) is 12.8. The Morgan fingerprint density at radius 2 is 1.81 bits per heavy atom. The Labute approximate surface area is 161 Å². The average Bonchev–Trinajstić information content (AvgIpc) is 2.68. The number of carbonyl (C=O) groups is 1. The molecular formula is C22H29NO4. The summed E-state index contributed by atoms with van der Waals surface area (Å²) in [6.07, 6.45) is 0.00539. The van der Waals surface area contributed by atoms with Gasteiger partial charge in [0.15, 0.2) is 6.10 Å². The van der Waals surface area contributed by atoms with Crippen LogP contribution in [-0.2, 0) is 4.79 Å². The van der Waals surface area contributed by atoms with E-state index in [0.29, 0.717) is 17.9 Å². The topological polar surface area (TPSA) is 56.8 Å². The molecule has 0 aliphatic heterocycles. The third kappa shape index (κ3) is 4.94. The van der Waals surface area contributed by atoms with Crippen LogP contribution < -0.4 is 19.5 Å². The number of hydrogen-bond donors (Lipinski definition) is 1. The van der Waals surface area contributed by atoms with E-state index >= 15 is 0 Å². The molecule has 146 valence electrons. The zero-order valence-corrected chi connectivity index (χ0v) is 17.0. The lowest BCUT2D eigenvalue weighted by molar-refractivity contribution is -0.128. The summed E-state index contributed by atoms with van der Waals surface area (Å²) in [7, 11) is 3.22. The number of aryl methyl sites for hydroxylation is 1. The molecule has 0 bridgehead atoms. The second-order valence-corrected chi connectivity index (χ2v) is 6.55. The van der Waals surface area contributed by atoms with E-state index in [9.17, 15) is 4.79 Å². The lowest BCUT2D eigenvalue weighted by Crippen LogP contribution is -2.39. The highest BCUT2D eigenvalue weighted by Gasteiger charge is 2.23. The standard InChI is InChI=1S/C22H29NO4/c1-7-19(27-20-10-8-9-14(2)15(20)3)22(24)23-16(4)18-13-17(25-5)11-12-21(18)26-6/h8-13,16,19H,7H2,1-6H3,(H,23,24). The van der Waals surface area contributed by atoms with E-state index in [4.69, 9.17) is 14.2 Å². The van der Waals surface area contributed by atoms with Crippen LogP contribution in [0.5, 0.6) is 17.2 Å². The number of rotatable bonds is 8. The fourth-order valence-corrected chi connectivity index (χ4v) is 2.89. The van der Waals surface area contributed by atoms with Crippen molar-refractivity contribution in [2.45, 2.75) is 46.3 Å². The first-order valence-corrected chi connectivity index (χ1v) is 9.16. The van der Waals surface area contributed by atoms with Gasteiger partial charge in [0.2, 0.25) is 0 Å². The quantitative estimate of drug-likeness (QED) is 0.749. The van der Waals surface area contributed by atoms with E-state index in [-0.39, 0.29) is 11.9 Å². The second kappa shape index (κ2) is 9.31. The zero-order chi connectivity index (χ0) is 20.0. The maximum atomic E-state index is 12.8. The van der Waals surface area contributed by atoms with Crippen molar-refractivity contribution in [3.8, 4) is 17.2 Å². The Balaban J connectivity index is 2.15. The molecular weight excluding hydrogens is 342 g/mol. The van der Waals surface area contributed by atoms with Gasteiger partial charge in [-0.1, -0.05) is 19.1 Å². The first-order chi connectivity index (χ1) is 12.9. The predicted octanol–water partition coefficient (Wildman–Crippen LogP) is 4.36. The molecule has 0 aliphatic rings. The summed E-state index contributed by atoms with van der Waals surface area (Å²) in [6, 6.07) is 11.1. The normalized spacial score (nSPS) is 12.8. The van der Waals surface area contributed by atoms with Crippen molar-refractivity contribution in [2.24, 2.45) is 0 Å². The number of hydrogen-bond acceptors (Lipinski definition) is 4. The van der Waals surface area contributed by atoms with E-state index in [1.165, 1.54) is 0 Å². The average molecular weight is 371 g/mol. The summed E-state index contributed by atoms with van der Waals surface area (Å²) in [6.45, 7) is 7.88. The Morgan fingerprint density at radius 3 is 2.44 bits per heavy atom. The number of benzene rings is 2. The number of amides is 1. The Bertz CT molecular complexity index is 788. The van der Waals surface area contributed by atoms with Gasteiger partial charge in [-0.2, -0.15) is 0 Å². The van der Waals surface area contributed by atoms with Gasteiger partial charge in [-0.15, -0.1) is 0 Å². The molecule has 5 heteroatoms. The molecule has 0 saturated carbocycles. The SMILES string of the molecule is CCC(Oc1cccc(C)c1C)C(=O)NC(C)c1cc(OC)ccc1OC. The summed E-state index contributed by atoms with van der Waals surface area (Å²) < 4.78 is 16.7. The molecule has 2 rings (SSSR count). The summed E-state index contributed by atoms with van der Waals surface area (Å²) in [5.41, 5.74) is 3.04. The van der Waals surface area contributed by atoms with Crippen LogP contribution in [-0.4, -0.2) is 26.2 Å². The van der Waals surface area contributed by atoms with Crippen molar-refractivity contribution >= 4 is 5.91 Å². The molecule has 5 nitrogen and oxygen atoms in total. The van der Waals surface area contributed by atoms with Gasteiger partial charge in [0, 0.05) is 5.56 Å². The third-order valence-electron chi connectivity index (χ3n) is 4.75. The van der Waals surface area contributed by atoms with Crippen molar-refractivity contribution in [2.75, 3.05) is 14.2 Å². The van der Waals surface area contributed by atoms with Crippen molar-refractivity contribution in [1.82, 2.24) is 5.32 Å². The van der Waals surface area contributed by atoms with Gasteiger partial charge in [-0.05, 0) is 62.6 Å². The summed E-state index contributed by atoms with van der Waals surface area (Å²) in [5, 5.41) is 3.03. The smallest absolute Gasteiger partial charge is 0.261 e. The predicted molar refractivity (Wildman–Crippen MR) is 107 cm³/mol. The monoisotopic (exact) mass is 371 g/mol. The Kier molecular flexibility index (Phi) is 7.11. The lowest BCUT2D eigenvalue weighted by Gasteiger charge is -2.23. The molecule has 2 aromatic carbocycles. The van der Waals surface area contributed by atoms with E-state index in [2.05, 4.69) is 5.32 Å². The molecule has 1 amide bonds. The molecule has 0 aromatic heterocycles. The lowest BCUT2D eigenvalue weighted by atomic mass is 10.1. The van der Waals surface area contributed by atoms with Gasteiger partial charge in [0.25, 0.3) is 5.91 Å². The van der Waals surface area contributed by atoms with Crippen LogP contribution in [0, 0.1) is 13.8 Å². The number of carbonyl (C=O) groups excluding carboxylic acids is 1. The van der Waals surface area contributed by atoms with E-state index in [1.807, 2.05) is 64.1 Å². The largest absolute Gasteiger partial charge is 0.497 e. The maximum absolute atomic E-state index is 12.8. The molecule has 2 unspecified atom stereocenters. The number of nitrogens with one attached hydrogen (secondary N) is 1. The van der Waals surface area contributed by atoms with Crippen molar-refractivity contribution in [1.29, 1.82) is 0 Å². The van der Waals surface area contributed by atoms with Crippen LogP contribution in [0.15, 0.2) is 36.4 Å². The fraction of sp³-hybridized carbons (Fsp3) is 0.409. The molecule has 2 aromatic rings. The van der Waals surface area contributed by atoms with Gasteiger partial charge < -0.3 is 19.5 Å². The minimum atomic E-state index is -0.565. The van der Waals surface area contributed by atoms with E-state index in [1.54, 1.807) is 14.2 Å². The molecule has 1 N–H and O–H groups in total. The van der Waals surface area contributed by atoms with Gasteiger partial charge in [-0.25, -0.2) is 0 Å². The minimum Gasteiger partial charge on any atom is -0.497 e. The van der Waals surface area contributed by atoms with Gasteiger partial charge >= 0.3 is 0 Å². The molecule has 27 heavy (non-hydrogen) atoms. The first kappa shape index (κ1) is 20.6. The van der Waals surface area contributed by atoms with E-state index in [0.717, 1.165) is 22.4 Å². The molecule has 2 atom stereocenters. The molecule has 0 aliphatic carbocycles. The van der Waals surface area contributed by atoms with Crippen LogP contribution in [0.1, 0.15) is 43.0 Å². The highest BCUT2D eigenvalue weighted by atomic mass is 16.5. The van der Waals surface area contributed by atoms with Crippen LogP contribution >= 0.6 is 0 Å². The van der Waals surface area contributed by atoms with Crippen LogP contribution in [0.4, 0.5) is 0 Å². The van der Waals surface area contributed by atoms with Crippen molar-refractivity contribution in [3.63, 3.8) is 0 Å². The van der Waals surface area contributed by atoms with Gasteiger partial charge in [-0.3, -0.25) is 4.79 Å². The van der Waals surface area contributed by atoms with Gasteiger partial charge in [0.05, 0.1) is 20.3 Å². The fourth-order valence-electron chi connectivity index (χ4n) is 2.89. The number of methoxy groups -OCH3 is 2. The van der Waals surface area contributed by atoms with Gasteiger partial charge in [0.1, 0.15) is 17.2 Å². The third-order valence-corrected chi connectivity index (χ3v) is 4.75. The zero-order valence-electron chi connectivity index (χ0n) is 17.0. The molecule has 0 spiro atoms. The Hall–Kier alpha value is -2.69. The molecule has 0 heterocycles. The van der Waals surface area contributed by atoms with Crippen LogP contribution in [0.2, 0.25) is 0 Å². The summed E-state index contributed by atoms with van der Waals surface area (Å²) in [5.74, 6) is 2.00. The van der Waals surface area contributed by atoms with Crippen LogP contribution in [0.25, 0.3) is 0 Å². The van der Waals surface area contributed by atoms with Crippen molar-refractivity contribution in [3.05, 3.63) is 53.1 Å². The van der Waals surface area contributed by atoms with Crippen molar-refractivity contribution < 1.29 is 19.0 Å². The highest BCUT2D eigenvalue weighted by Crippen LogP contribution is 2.29. The van der Waals surface area contributed by atoms with E-state index < -0.39 is 6.10 Å². The second-order valence-electron chi connectivity index (χ2n) is 6.55. The summed E-state index contributed by atoms with van der Waals surface area (Å²) >= 11 is 0. The first-order valence-electron chi connectivity index (χ1n) is 9.16. The minimum absolute atomic E-state index is 0.157. The van der Waals surface area contributed by atoms with Crippen LogP contribution in [0.3, 0.4) is 0 Å². The number of ether oxygens (including phenoxy) is 3. The maximum Gasteiger partial charge on any atom is 0.261 e. The molecule has 0 radical (unpaired) electrons. The molecule has 0 saturated heterocycles.